The molecule has 18 heavy (non-hydrogen) atoms. The Kier molecular flexibility index (Phi) is 4.77. The Balaban J connectivity index is 3.21. The molecule has 0 aliphatic carbocycles. The number of ether oxygens (including phenoxy) is 1. The van der Waals surface area contributed by atoms with Crippen molar-refractivity contribution in [3.63, 3.8) is 0 Å². The summed E-state index contributed by atoms with van der Waals surface area (Å²) in [6.07, 6.45) is 0. The Morgan fingerprint density at radius 3 is 1.67 bits per heavy atom. The Bertz CT molecular complexity index is 364. The van der Waals surface area contributed by atoms with Crippen LogP contribution in [0.3, 0.4) is 0 Å². The van der Waals surface area contributed by atoms with E-state index in [4.69, 9.17) is 4.74 Å². The molecule has 0 bridgehead atoms. The number of rotatable bonds is 3. The SMILES string of the molecule is CC(C)(C)c1cc(OCCS)cc(C(C)(C)C)c1. The summed E-state index contributed by atoms with van der Waals surface area (Å²) in [5.41, 5.74) is 2.92. The van der Waals surface area contributed by atoms with Crippen LogP contribution in [0.4, 0.5) is 0 Å². The molecule has 0 saturated heterocycles. The van der Waals surface area contributed by atoms with Crippen molar-refractivity contribution in [3.05, 3.63) is 29.3 Å². The first-order valence-electron chi connectivity index (χ1n) is 6.54. The third-order valence-corrected chi connectivity index (χ3v) is 3.18. The molecule has 0 atom stereocenters. The maximum absolute atomic E-state index is 5.75. The van der Waals surface area contributed by atoms with Crippen LogP contribution < -0.4 is 4.74 Å². The van der Waals surface area contributed by atoms with Gasteiger partial charge in [0, 0.05) is 5.75 Å². The molecule has 0 fully saturated rings. The summed E-state index contributed by atoms with van der Waals surface area (Å²) in [7, 11) is 0. The van der Waals surface area contributed by atoms with E-state index in [0.717, 1.165) is 11.5 Å². The van der Waals surface area contributed by atoms with Crippen molar-refractivity contribution in [2.45, 2.75) is 52.4 Å². The molecule has 0 radical (unpaired) electrons. The predicted molar refractivity (Wildman–Crippen MR) is 83.2 cm³/mol. The second-order valence-corrected chi connectivity index (χ2v) is 7.27. The average Bonchev–Trinajstić information content (AvgIpc) is 2.23. The van der Waals surface area contributed by atoms with E-state index in [0.29, 0.717) is 6.61 Å². The molecule has 1 nitrogen and oxygen atoms in total. The molecule has 2 heteroatoms. The molecule has 102 valence electrons. The molecule has 0 N–H and O–H groups in total. The van der Waals surface area contributed by atoms with E-state index in [-0.39, 0.29) is 10.8 Å². The molecule has 0 aliphatic rings. The zero-order valence-corrected chi connectivity index (χ0v) is 13.4. The van der Waals surface area contributed by atoms with Crippen LogP contribution in [0, 0.1) is 0 Å². The highest BCUT2D eigenvalue weighted by molar-refractivity contribution is 7.80. The number of benzene rings is 1. The molecule has 0 heterocycles. The van der Waals surface area contributed by atoms with Crippen LogP contribution in [-0.4, -0.2) is 12.4 Å². The van der Waals surface area contributed by atoms with E-state index in [1.165, 1.54) is 11.1 Å². The third-order valence-electron chi connectivity index (χ3n) is 3.00. The lowest BCUT2D eigenvalue weighted by Crippen LogP contribution is -2.16. The Hall–Kier alpha value is -0.630. The van der Waals surface area contributed by atoms with Crippen LogP contribution in [-0.2, 0) is 10.8 Å². The fourth-order valence-electron chi connectivity index (χ4n) is 1.71. The van der Waals surface area contributed by atoms with Gasteiger partial charge in [-0.25, -0.2) is 0 Å². The van der Waals surface area contributed by atoms with Gasteiger partial charge >= 0.3 is 0 Å². The van der Waals surface area contributed by atoms with E-state index in [1.54, 1.807) is 0 Å². The van der Waals surface area contributed by atoms with Gasteiger partial charge in [0.25, 0.3) is 0 Å². The van der Waals surface area contributed by atoms with Crippen molar-refractivity contribution in [2.75, 3.05) is 12.4 Å². The highest BCUT2D eigenvalue weighted by atomic mass is 32.1. The van der Waals surface area contributed by atoms with Crippen LogP contribution >= 0.6 is 12.6 Å². The second-order valence-electron chi connectivity index (χ2n) is 6.82. The van der Waals surface area contributed by atoms with Crippen LogP contribution in [0.2, 0.25) is 0 Å². The van der Waals surface area contributed by atoms with Gasteiger partial charge in [-0.2, -0.15) is 12.6 Å². The molecule has 0 amide bonds. The van der Waals surface area contributed by atoms with Gasteiger partial charge in [0.2, 0.25) is 0 Å². The topological polar surface area (TPSA) is 9.23 Å². The normalized spacial score (nSPS) is 12.6. The lowest BCUT2D eigenvalue weighted by Gasteiger charge is -2.26. The van der Waals surface area contributed by atoms with Crippen LogP contribution in [0.15, 0.2) is 18.2 Å². The number of hydrogen-bond donors (Lipinski definition) is 1. The van der Waals surface area contributed by atoms with Gasteiger partial charge in [0.1, 0.15) is 5.75 Å². The van der Waals surface area contributed by atoms with E-state index in [2.05, 4.69) is 72.4 Å². The monoisotopic (exact) mass is 266 g/mol. The summed E-state index contributed by atoms with van der Waals surface area (Å²) in [6.45, 7) is 14.1. The summed E-state index contributed by atoms with van der Waals surface area (Å²) in [5.74, 6) is 1.70. The summed E-state index contributed by atoms with van der Waals surface area (Å²) < 4.78 is 5.75. The quantitative estimate of drug-likeness (QED) is 0.787. The van der Waals surface area contributed by atoms with Crippen molar-refractivity contribution < 1.29 is 4.74 Å². The van der Waals surface area contributed by atoms with Gasteiger partial charge in [0.05, 0.1) is 6.61 Å². The Morgan fingerprint density at radius 1 is 0.889 bits per heavy atom. The molecule has 1 aromatic rings. The van der Waals surface area contributed by atoms with E-state index < -0.39 is 0 Å². The third kappa shape index (κ3) is 4.24. The Labute approximate surface area is 117 Å². The minimum atomic E-state index is 0.139. The molecular weight excluding hydrogens is 240 g/mol. The molecule has 1 aromatic carbocycles. The van der Waals surface area contributed by atoms with E-state index in [9.17, 15) is 0 Å². The average molecular weight is 266 g/mol. The van der Waals surface area contributed by atoms with Crippen molar-refractivity contribution in [3.8, 4) is 5.75 Å². The van der Waals surface area contributed by atoms with E-state index >= 15 is 0 Å². The lowest BCUT2D eigenvalue weighted by atomic mass is 9.80. The molecule has 0 saturated carbocycles. The molecular formula is C16H26OS. The van der Waals surface area contributed by atoms with Gasteiger partial charge < -0.3 is 4.74 Å². The largest absolute Gasteiger partial charge is 0.493 e. The van der Waals surface area contributed by atoms with Gasteiger partial charge in [-0.05, 0) is 34.1 Å². The maximum Gasteiger partial charge on any atom is 0.119 e. The van der Waals surface area contributed by atoms with Crippen LogP contribution in [0.5, 0.6) is 5.75 Å². The maximum atomic E-state index is 5.75. The van der Waals surface area contributed by atoms with Gasteiger partial charge in [-0.3, -0.25) is 0 Å². The standard InChI is InChI=1S/C16H26OS/c1-15(2,3)12-9-13(16(4,5)6)11-14(10-12)17-7-8-18/h9-11,18H,7-8H2,1-6H3. The van der Waals surface area contributed by atoms with Crippen molar-refractivity contribution in [1.82, 2.24) is 0 Å². The lowest BCUT2D eigenvalue weighted by molar-refractivity contribution is 0.342. The first kappa shape index (κ1) is 15.4. The molecule has 0 aromatic heterocycles. The fraction of sp³-hybridized carbons (Fsp3) is 0.625. The number of hydrogen-bond acceptors (Lipinski definition) is 2. The summed E-state index contributed by atoms with van der Waals surface area (Å²) in [6, 6.07) is 6.60. The summed E-state index contributed by atoms with van der Waals surface area (Å²) >= 11 is 4.19. The van der Waals surface area contributed by atoms with Crippen LogP contribution in [0.25, 0.3) is 0 Å². The van der Waals surface area contributed by atoms with Gasteiger partial charge in [-0.15, -0.1) is 0 Å². The van der Waals surface area contributed by atoms with Gasteiger partial charge in [0.15, 0.2) is 0 Å². The van der Waals surface area contributed by atoms with E-state index in [1.807, 2.05) is 0 Å². The predicted octanol–water partition coefficient (Wildman–Crippen LogP) is 4.59. The van der Waals surface area contributed by atoms with Crippen LogP contribution in [0.1, 0.15) is 52.7 Å². The van der Waals surface area contributed by atoms with Crippen molar-refractivity contribution >= 4 is 12.6 Å². The highest BCUT2D eigenvalue weighted by Crippen LogP contribution is 2.32. The zero-order chi connectivity index (χ0) is 14.0. The minimum absolute atomic E-state index is 0.139. The smallest absolute Gasteiger partial charge is 0.119 e. The first-order valence-corrected chi connectivity index (χ1v) is 7.17. The van der Waals surface area contributed by atoms with Gasteiger partial charge in [-0.1, -0.05) is 47.6 Å². The zero-order valence-electron chi connectivity index (χ0n) is 12.5. The summed E-state index contributed by atoms with van der Waals surface area (Å²) in [4.78, 5) is 0. The molecule has 0 aliphatic heterocycles. The minimum Gasteiger partial charge on any atom is -0.493 e. The number of thiol groups is 1. The second kappa shape index (κ2) is 5.56. The molecule has 0 unspecified atom stereocenters. The van der Waals surface area contributed by atoms with Crippen molar-refractivity contribution in [1.29, 1.82) is 0 Å². The molecule has 0 spiro atoms. The fourth-order valence-corrected chi connectivity index (χ4v) is 1.80. The first-order chi connectivity index (χ1) is 8.14. The molecule has 1 rings (SSSR count). The van der Waals surface area contributed by atoms with Crippen molar-refractivity contribution in [2.24, 2.45) is 0 Å². The highest BCUT2D eigenvalue weighted by Gasteiger charge is 2.20. The summed E-state index contributed by atoms with van der Waals surface area (Å²) in [5, 5.41) is 0. The Morgan fingerprint density at radius 2 is 1.33 bits per heavy atom.